The van der Waals surface area contributed by atoms with Gasteiger partial charge < -0.3 is 4.57 Å². The fraction of sp³-hybridized carbons (Fsp3) is 0.222. The quantitative estimate of drug-likeness (QED) is 0.252. The van der Waals surface area contributed by atoms with Crippen molar-refractivity contribution in [3.05, 3.63) is 62.8 Å². The first-order valence-corrected chi connectivity index (χ1v) is 10.5. The molecule has 0 amide bonds. The van der Waals surface area contributed by atoms with Gasteiger partial charge in [0.1, 0.15) is 10.8 Å². The number of imidazole rings is 1. The Labute approximate surface area is 175 Å². The van der Waals surface area contributed by atoms with Crippen LogP contribution in [0.15, 0.2) is 45.9 Å². The molecule has 0 fully saturated rings. The molecule has 0 N–H and O–H groups in total. The Kier molecular flexibility index (Phi) is 5.36. The summed E-state index contributed by atoms with van der Waals surface area (Å²) in [6, 6.07) is 5.27. The predicted molar refractivity (Wildman–Crippen MR) is 105 cm³/mol. The Morgan fingerprint density at radius 2 is 1.90 bits per heavy atom. The number of rotatable bonds is 5. The number of halogens is 4. The summed E-state index contributed by atoms with van der Waals surface area (Å²) in [6.07, 6.45) is -3.01. The molecule has 0 aliphatic carbocycles. The number of hydrogen-bond donors (Lipinski definition) is 0. The molecule has 6 nitrogen and oxygen atoms in total. The van der Waals surface area contributed by atoms with E-state index in [2.05, 4.69) is 15.0 Å². The summed E-state index contributed by atoms with van der Waals surface area (Å²) in [5.74, 6) is -0.382. The number of benzene rings is 1. The molecule has 4 rings (SSSR count). The minimum absolute atomic E-state index is 0.0835. The SMILES string of the molecule is CCn1cnc2c(=O)n(-c3ccc(F)cc3)c(SCc3nc(C(F)(F)F)cs3)nc21. The number of hydrogen-bond acceptors (Lipinski definition) is 6. The number of aryl methyl sites for hydroxylation is 1. The zero-order chi connectivity index (χ0) is 21.5. The average molecular weight is 455 g/mol. The van der Waals surface area contributed by atoms with E-state index in [0.29, 0.717) is 17.9 Å². The maximum absolute atomic E-state index is 13.4. The van der Waals surface area contributed by atoms with Crippen molar-refractivity contribution in [3.63, 3.8) is 0 Å². The highest BCUT2D eigenvalue weighted by Gasteiger charge is 2.33. The number of aromatic nitrogens is 5. The Morgan fingerprint density at radius 1 is 1.17 bits per heavy atom. The van der Waals surface area contributed by atoms with Gasteiger partial charge in [-0.3, -0.25) is 9.36 Å². The first-order valence-electron chi connectivity index (χ1n) is 8.66. The molecule has 0 bridgehead atoms. The fourth-order valence-corrected chi connectivity index (χ4v) is 4.58. The third-order valence-electron chi connectivity index (χ3n) is 4.20. The summed E-state index contributed by atoms with van der Waals surface area (Å²) < 4.78 is 54.7. The number of thiazole rings is 1. The summed E-state index contributed by atoms with van der Waals surface area (Å²) in [7, 11) is 0. The van der Waals surface area contributed by atoms with E-state index in [1.54, 1.807) is 4.57 Å². The lowest BCUT2D eigenvalue weighted by molar-refractivity contribution is -0.140. The van der Waals surface area contributed by atoms with E-state index in [1.807, 2.05) is 6.92 Å². The Morgan fingerprint density at radius 3 is 2.53 bits per heavy atom. The van der Waals surface area contributed by atoms with Gasteiger partial charge in [0, 0.05) is 11.9 Å². The summed E-state index contributed by atoms with van der Waals surface area (Å²) in [4.78, 5) is 25.4. The van der Waals surface area contributed by atoms with Crippen LogP contribution >= 0.6 is 23.1 Å². The molecule has 0 saturated carbocycles. The van der Waals surface area contributed by atoms with Crippen molar-refractivity contribution in [3.8, 4) is 5.69 Å². The number of nitrogens with zero attached hydrogens (tertiary/aromatic N) is 5. The zero-order valence-corrected chi connectivity index (χ0v) is 17.0. The van der Waals surface area contributed by atoms with Gasteiger partial charge >= 0.3 is 6.18 Å². The summed E-state index contributed by atoms with van der Waals surface area (Å²) in [5.41, 5.74) is -0.500. The highest BCUT2D eigenvalue weighted by atomic mass is 32.2. The van der Waals surface area contributed by atoms with E-state index in [0.717, 1.165) is 28.5 Å². The van der Waals surface area contributed by atoms with Gasteiger partial charge in [0.05, 0.1) is 17.8 Å². The summed E-state index contributed by atoms with van der Waals surface area (Å²) >= 11 is 1.95. The van der Waals surface area contributed by atoms with Crippen LogP contribution in [-0.4, -0.2) is 24.1 Å². The molecule has 0 aliphatic heterocycles. The van der Waals surface area contributed by atoms with Crippen molar-refractivity contribution in [1.82, 2.24) is 24.1 Å². The second-order valence-electron chi connectivity index (χ2n) is 6.13. The zero-order valence-electron chi connectivity index (χ0n) is 15.4. The normalized spacial score (nSPS) is 12.0. The lowest BCUT2D eigenvalue weighted by Gasteiger charge is -2.12. The van der Waals surface area contributed by atoms with Crippen LogP contribution in [0.2, 0.25) is 0 Å². The molecule has 0 radical (unpaired) electrons. The fourth-order valence-electron chi connectivity index (χ4n) is 2.76. The predicted octanol–water partition coefficient (Wildman–Crippen LogP) is 4.51. The van der Waals surface area contributed by atoms with Gasteiger partial charge in [0.2, 0.25) is 0 Å². The lowest BCUT2D eigenvalue weighted by atomic mass is 10.3. The average Bonchev–Trinajstić information content (AvgIpc) is 3.34. The molecule has 0 saturated heterocycles. The van der Waals surface area contributed by atoms with Gasteiger partial charge in [-0.2, -0.15) is 13.2 Å². The van der Waals surface area contributed by atoms with Crippen LogP contribution in [0, 0.1) is 5.82 Å². The van der Waals surface area contributed by atoms with Gasteiger partial charge in [0.25, 0.3) is 5.56 Å². The van der Waals surface area contributed by atoms with Crippen LogP contribution in [0.4, 0.5) is 17.6 Å². The smallest absolute Gasteiger partial charge is 0.315 e. The first kappa shape index (κ1) is 20.5. The molecule has 1 aromatic carbocycles. The van der Waals surface area contributed by atoms with E-state index in [1.165, 1.54) is 35.2 Å². The highest BCUT2D eigenvalue weighted by molar-refractivity contribution is 7.98. The topological polar surface area (TPSA) is 65.6 Å². The van der Waals surface area contributed by atoms with Crippen LogP contribution < -0.4 is 5.56 Å². The Hall–Kier alpha value is -2.73. The maximum atomic E-state index is 13.4. The second-order valence-corrected chi connectivity index (χ2v) is 8.01. The second kappa shape index (κ2) is 7.84. The van der Waals surface area contributed by atoms with E-state index in [4.69, 9.17) is 0 Å². The number of fused-ring (bicyclic) bond motifs is 1. The summed E-state index contributed by atoms with van der Waals surface area (Å²) in [6.45, 7) is 2.41. The standard InChI is InChI=1S/C18H13F4N5OS2/c1-2-26-9-23-14-15(26)25-17(27(16(14)28)11-5-3-10(19)4-6-11)30-8-13-24-12(7-29-13)18(20,21)22/h3-7,9H,2,8H2,1H3. The van der Waals surface area contributed by atoms with E-state index in [9.17, 15) is 22.4 Å². The number of thioether (sulfide) groups is 1. The van der Waals surface area contributed by atoms with E-state index >= 15 is 0 Å². The molecule has 3 aromatic heterocycles. The molecule has 4 aromatic rings. The van der Waals surface area contributed by atoms with Crippen molar-refractivity contribution in [2.24, 2.45) is 0 Å². The largest absolute Gasteiger partial charge is 0.434 e. The third kappa shape index (κ3) is 3.84. The molecule has 3 heterocycles. The minimum Gasteiger partial charge on any atom is -0.315 e. The molecule has 0 atom stereocenters. The van der Waals surface area contributed by atoms with Crippen molar-refractivity contribution >= 4 is 34.3 Å². The number of alkyl halides is 3. The monoisotopic (exact) mass is 455 g/mol. The van der Waals surface area contributed by atoms with Gasteiger partial charge in [0.15, 0.2) is 22.0 Å². The molecule has 30 heavy (non-hydrogen) atoms. The Balaban J connectivity index is 1.78. The van der Waals surface area contributed by atoms with Gasteiger partial charge in [-0.25, -0.2) is 19.3 Å². The molecule has 156 valence electrons. The molecule has 12 heteroatoms. The van der Waals surface area contributed by atoms with Crippen LogP contribution in [0.1, 0.15) is 17.6 Å². The van der Waals surface area contributed by atoms with Crippen molar-refractivity contribution in [2.75, 3.05) is 0 Å². The van der Waals surface area contributed by atoms with Crippen LogP contribution in [0.25, 0.3) is 16.9 Å². The van der Waals surface area contributed by atoms with Gasteiger partial charge in [-0.15, -0.1) is 11.3 Å². The summed E-state index contributed by atoms with van der Waals surface area (Å²) in [5, 5.41) is 1.44. The third-order valence-corrected chi connectivity index (χ3v) is 6.18. The molecular formula is C18H13F4N5OS2. The lowest BCUT2D eigenvalue weighted by Crippen LogP contribution is -2.22. The van der Waals surface area contributed by atoms with Gasteiger partial charge in [-0.1, -0.05) is 11.8 Å². The van der Waals surface area contributed by atoms with Gasteiger partial charge in [-0.05, 0) is 31.2 Å². The molecule has 0 spiro atoms. The Bertz CT molecular complexity index is 1260. The molecule has 0 unspecified atom stereocenters. The molecular weight excluding hydrogens is 442 g/mol. The van der Waals surface area contributed by atoms with Crippen molar-refractivity contribution in [1.29, 1.82) is 0 Å². The van der Waals surface area contributed by atoms with E-state index < -0.39 is 23.2 Å². The van der Waals surface area contributed by atoms with Crippen LogP contribution in [-0.2, 0) is 18.5 Å². The van der Waals surface area contributed by atoms with Crippen molar-refractivity contribution < 1.29 is 17.6 Å². The highest BCUT2D eigenvalue weighted by Crippen LogP contribution is 2.32. The van der Waals surface area contributed by atoms with E-state index in [-0.39, 0.29) is 21.4 Å². The van der Waals surface area contributed by atoms with Crippen LogP contribution in [0.5, 0.6) is 0 Å². The van der Waals surface area contributed by atoms with Crippen molar-refractivity contribution in [2.45, 2.75) is 30.6 Å². The van der Waals surface area contributed by atoms with Crippen LogP contribution in [0.3, 0.4) is 0 Å². The molecule has 0 aliphatic rings. The maximum Gasteiger partial charge on any atom is 0.434 e. The minimum atomic E-state index is -4.51. The first-order chi connectivity index (χ1) is 14.3.